The molecular formula is C13H23N3O3S. The van der Waals surface area contributed by atoms with E-state index in [4.69, 9.17) is 5.11 Å². The summed E-state index contributed by atoms with van der Waals surface area (Å²) in [5, 5.41) is 11.8. The number of thioether (sulfide) groups is 1. The van der Waals surface area contributed by atoms with E-state index in [1.807, 2.05) is 0 Å². The molecular weight excluding hydrogens is 278 g/mol. The van der Waals surface area contributed by atoms with Gasteiger partial charge >= 0.3 is 12.0 Å². The Morgan fingerprint density at radius 1 is 1.25 bits per heavy atom. The van der Waals surface area contributed by atoms with E-state index >= 15 is 0 Å². The Balaban J connectivity index is 1.74. The third kappa shape index (κ3) is 4.56. The van der Waals surface area contributed by atoms with E-state index in [0.29, 0.717) is 18.8 Å². The van der Waals surface area contributed by atoms with E-state index in [1.54, 1.807) is 16.7 Å². The number of aliphatic carboxylic acids is 1. The molecule has 2 saturated heterocycles. The molecule has 0 bridgehead atoms. The summed E-state index contributed by atoms with van der Waals surface area (Å²) in [5.41, 5.74) is 0. The predicted octanol–water partition coefficient (Wildman–Crippen LogP) is 0.684. The van der Waals surface area contributed by atoms with E-state index in [0.717, 1.165) is 25.4 Å². The first-order valence-corrected chi connectivity index (χ1v) is 8.38. The highest BCUT2D eigenvalue weighted by Gasteiger charge is 2.28. The minimum Gasteiger partial charge on any atom is -0.481 e. The van der Waals surface area contributed by atoms with Crippen LogP contribution in [0.3, 0.4) is 0 Å². The van der Waals surface area contributed by atoms with Crippen molar-refractivity contribution in [1.29, 1.82) is 0 Å². The van der Waals surface area contributed by atoms with Crippen LogP contribution in [0.2, 0.25) is 0 Å². The number of carboxylic acids is 1. The number of likely N-dealkylation sites (tertiary alicyclic amines) is 1. The van der Waals surface area contributed by atoms with Gasteiger partial charge < -0.3 is 20.2 Å². The van der Waals surface area contributed by atoms with Crippen LogP contribution < -0.4 is 5.32 Å². The molecule has 2 N–H and O–H groups in total. The van der Waals surface area contributed by atoms with Gasteiger partial charge in [-0.05, 0) is 25.9 Å². The molecule has 2 heterocycles. The molecule has 0 radical (unpaired) electrons. The Morgan fingerprint density at radius 2 is 2.00 bits per heavy atom. The molecule has 0 aliphatic carbocycles. The zero-order chi connectivity index (χ0) is 14.4. The van der Waals surface area contributed by atoms with Gasteiger partial charge in [0.15, 0.2) is 0 Å². The molecule has 2 aliphatic rings. The summed E-state index contributed by atoms with van der Waals surface area (Å²) >= 11 is 1.72. The first-order valence-electron chi connectivity index (χ1n) is 7.23. The molecule has 1 atom stereocenters. The number of carbonyl (C=O) groups excluding carboxylic acids is 1. The minimum absolute atomic E-state index is 0.0343. The largest absolute Gasteiger partial charge is 0.481 e. The molecule has 0 aromatic heterocycles. The van der Waals surface area contributed by atoms with E-state index in [1.165, 1.54) is 12.8 Å². The number of carboxylic acid groups (broad SMARTS) is 1. The molecule has 0 aromatic rings. The normalized spacial score (nSPS) is 23.8. The van der Waals surface area contributed by atoms with Crippen molar-refractivity contribution in [3.8, 4) is 0 Å². The second kappa shape index (κ2) is 7.73. The first-order chi connectivity index (χ1) is 9.66. The fourth-order valence-corrected chi connectivity index (χ4v) is 3.78. The van der Waals surface area contributed by atoms with Gasteiger partial charge in [0.05, 0.1) is 12.5 Å². The van der Waals surface area contributed by atoms with Gasteiger partial charge in [-0.15, -0.1) is 0 Å². The molecule has 2 fully saturated rings. The topological polar surface area (TPSA) is 72.9 Å². The summed E-state index contributed by atoms with van der Waals surface area (Å²) in [6, 6.07) is -0.297. The summed E-state index contributed by atoms with van der Waals surface area (Å²) in [6.07, 6.45) is 2.53. The number of carbonyl (C=O) groups is 2. The van der Waals surface area contributed by atoms with Crippen molar-refractivity contribution in [1.82, 2.24) is 15.1 Å². The predicted molar refractivity (Wildman–Crippen MR) is 79.1 cm³/mol. The zero-order valence-corrected chi connectivity index (χ0v) is 12.5. The number of rotatable bonds is 5. The van der Waals surface area contributed by atoms with Gasteiger partial charge in [0.1, 0.15) is 0 Å². The Bertz CT molecular complexity index is 348. The third-order valence-corrected chi connectivity index (χ3v) is 4.89. The quantitative estimate of drug-likeness (QED) is 0.781. The maximum atomic E-state index is 12.2. The summed E-state index contributed by atoms with van der Waals surface area (Å²) in [7, 11) is 0. The number of amides is 2. The van der Waals surface area contributed by atoms with Crippen LogP contribution in [-0.2, 0) is 4.79 Å². The molecule has 114 valence electrons. The molecule has 6 nitrogen and oxygen atoms in total. The second-order valence-electron chi connectivity index (χ2n) is 5.30. The van der Waals surface area contributed by atoms with Crippen LogP contribution in [0.1, 0.15) is 19.3 Å². The van der Waals surface area contributed by atoms with Gasteiger partial charge in [0, 0.05) is 31.1 Å². The standard InChI is InChI=1S/C13H23N3O3S/c17-12(18)9-11-10-20-8-7-16(11)13(19)14-3-6-15-4-1-2-5-15/h11H,1-10H2,(H,14,19)(H,17,18). The van der Waals surface area contributed by atoms with Crippen LogP contribution in [0.4, 0.5) is 4.79 Å². The van der Waals surface area contributed by atoms with Crippen molar-refractivity contribution in [2.45, 2.75) is 25.3 Å². The molecule has 20 heavy (non-hydrogen) atoms. The first kappa shape index (κ1) is 15.4. The molecule has 2 aliphatic heterocycles. The van der Waals surface area contributed by atoms with Crippen LogP contribution in [-0.4, -0.2) is 77.2 Å². The Kier molecular flexibility index (Phi) is 5.97. The van der Waals surface area contributed by atoms with Crippen LogP contribution in [0.15, 0.2) is 0 Å². The monoisotopic (exact) mass is 301 g/mol. The SMILES string of the molecule is O=C(O)CC1CSCCN1C(=O)NCCN1CCCC1. The van der Waals surface area contributed by atoms with Crippen molar-refractivity contribution in [2.24, 2.45) is 0 Å². The smallest absolute Gasteiger partial charge is 0.317 e. The van der Waals surface area contributed by atoms with E-state index in [-0.39, 0.29) is 18.5 Å². The van der Waals surface area contributed by atoms with Gasteiger partial charge in [-0.2, -0.15) is 11.8 Å². The summed E-state index contributed by atoms with van der Waals surface area (Å²) in [4.78, 5) is 27.0. The van der Waals surface area contributed by atoms with Crippen molar-refractivity contribution >= 4 is 23.8 Å². The molecule has 1 unspecified atom stereocenters. The average Bonchev–Trinajstić information content (AvgIpc) is 2.91. The number of nitrogens with zero attached hydrogens (tertiary/aromatic N) is 2. The number of hydrogen-bond acceptors (Lipinski definition) is 4. The lowest BCUT2D eigenvalue weighted by Gasteiger charge is -2.34. The average molecular weight is 301 g/mol. The van der Waals surface area contributed by atoms with E-state index < -0.39 is 5.97 Å². The van der Waals surface area contributed by atoms with Gasteiger partial charge in [0.25, 0.3) is 0 Å². The highest BCUT2D eigenvalue weighted by molar-refractivity contribution is 7.99. The van der Waals surface area contributed by atoms with Gasteiger partial charge in [-0.1, -0.05) is 0 Å². The lowest BCUT2D eigenvalue weighted by atomic mass is 10.2. The van der Waals surface area contributed by atoms with Crippen LogP contribution >= 0.6 is 11.8 Å². The Labute approximate surface area is 123 Å². The van der Waals surface area contributed by atoms with Crippen LogP contribution in [0.5, 0.6) is 0 Å². The maximum Gasteiger partial charge on any atom is 0.317 e. The van der Waals surface area contributed by atoms with Crippen molar-refractivity contribution in [3.05, 3.63) is 0 Å². The third-order valence-electron chi connectivity index (χ3n) is 3.80. The van der Waals surface area contributed by atoms with Gasteiger partial charge in [0.2, 0.25) is 0 Å². The summed E-state index contributed by atoms with van der Waals surface area (Å²) in [6.45, 7) is 4.41. The molecule has 7 heteroatoms. The highest BCUT2D eigenvalue weighted by Crippen LogP contribution is 2.19. The van der Waals surface area contributed by atoms with E-state index in [2.05, 4.69) is 10.2 Å². The lowest BCUT2D eigenvalue weighted by molar-refractivity contribution is -0.137. The number of nitrogens with one attached hydrogen (secondary N) is 1. The fraction of sp³-hybridized carbons (Fsp3) is 0.846. The van der Waals surface area contributed by atoms with Gasteiger partial charge in [-0.25, -0.2) is 4.79 Å². The number of urea groups is 1. The van der Waals surface area contributed by atoms with E-state index in [9.17, 15) is 9.59 Å². The van der Waals surface area contributed by atoms with Crippen molar-refractivity contribution in [3.63, 3.8) is 0 Å². The lowest BCUT2D eigenvalue weighted by Crippen LogP contribution is -2.52. The molecule has 2 amide bonds. The number of hydrogen-bond donors (Lipinski definition) is 2. The molecule has 0 spiro atoms. The Morgan fingerprint density at radius 3 is 2.70 bits per heavy atom. The van der Waals surface area contributed by atoms with Crippen LogP contribution in [0.25, 0.3) is 0 Å². The molecule has 0 saturated carbocycles. The summed E-state index contributed by atoms with van der Waals surface area (Å²) in [5.74, 6) is 0.758. The summed E-state index contributed by atoms with van der Waals surface area (Å²) < 4.78 is 0. The van der Waals surface area contributed by atoms with Gasteiger partial charge in [-0.3, -0.25) is 4.79 Å². The maximum absolute atomic E-state index is 12.2. The Hall–Kier alpha value is -0.950. The molecule has 2 rings (SSSR count). The zero-order valence-electron chi connectivity index (χ0n) is 11.7. The van der Waals surface area contributed by atoms with Crippen molar-refractivity contribution in [2.75, 3.05) is 44.2 Å². The van der Waals surface area contributed by atoms with Crippen molar-refractivity contribution < 1.29 is 14.7 Å². The highest BCUT2D eigenvalue weighted by atomic mass is 32.2. The molecule has 0 aromatic carbocycles. The second-order valence-corrected chi connectivity index (χ2v) is 6.45. The fourth-order valence-electron chi connectivity index (χ4n) is 2.72. The minimum atomic E-state index is -0.840. The van der Waals surface area contributed by atoms with Crippen LogP contribution in [0, 0.1) is 0 Å².